The van der Waals surface area contributed by atoms with Gasteiger partial charge < -0.3 is 20.4 Å². The Morgan fingerprint density at radius 2 is 1.80 bits per heavy atom. The van der Waals surface area contributed by atoms with E-state index >= 15 is 0 Å². The lowest BCUT2D eigenvalue weighted by Gasteiger charge is -2.59. The van der Waals surface area contributed by atoms with Crippen LogP contribution in [0.5, 0.6) is 5.75 Å². The van der Waals surface area contributed by atoms with Crippen molar-refractivity contribution in [2.75, 3.05) is 0 Å². The number of phenols is 1. The van der Waals surface area contributed by atoms with Crippen molar-refractivity contribution < 1.29 is 34.8 Å². The van der Waals surface area contributed by atoms with Gasteiger partial charge in [-0.3, -0.25) is 14.4 Å². The molecular formula is C37H40O7. The van der Waals surface area contributed by atoms with Crippen LogP contribution in [0.2, 0.25) is 0 Å². The van der Waals surface area contributed by atoms with Gasteiger partial charge in [0.1, 0.15) is 22.8 Å². The fourth-order valence-electron chi connectivity index (χ4n) is 8.14. The highest BCUT2D eigenvalue weighted by molar-refractivity contribution is 6.25. The fourth-order valence-corrected chi connectivity index (χ4v) is 8.14. The zero-order valence-electron chi connectivity index (χ0n) is 26.1. The largest absolute Gasteiger partial charge is 0.511 e. The number of aromatic hydroxyl groups is 1. The van der Waals surface area contributed by atoms with Crippen LogP contribution < -0.4 is 0 Å². The van der Waals surface area contributed by atoms with Gasteiger partial charge in [-0.15, -0.1) is 0 Å². The van der Waals surface area contributed by atoms with Crippen LogP contribution in [0.15, 0.2) is 77.3 Å². The first kappa shape index (κ1) is 31.2. The molecule has 5 rings (SSSR count). The summed E-state index contributed by atoms with van der Waals surface area (Å²) >= 11 is 0. The number of aliphatic hydroxyl groups is 3. The number of ketones is 3. The molecule has 2 aromatic rings. The second kappa shape index (κ2) is 10.4. The summed E-state index contributed by atoms with van der Waals surface area (Å²) in [7, 11) is 0. The molecule has 44 heavy (non-hydrogen) atoms. The molecule has 3 aliphatic rings. The van der Waals surface area contributed by atoms with Crippen molar-refractivity contribution in [1.82, 2.24) is 0 Å². The number of phenolic OH excluding ortho intramolecular Hbond substituents is 1. The number of hydrogen-bond donors (Lipinski definition) is 4. The third-order valence-electron chi connectivity index (χ3n) is 10.1. The molecule has 7 nitrogen and oxygen atoms in total. The summed E-state index contributed by atoms with van der Waals surface area (Å²) in [5, 5.41) is 46.4. The number of benzene rings is 2. The summed E-state index contributed by atoms with van der Waals surface area (Å²) in [5.74, 6) is -5.25. The normalized spacial score (nSPS) is 28.3. The van der Waals surface area contributed by atoms with Gasteiger partial charge in [-0.1, -0.05) is 83.2 Å². The van der Waals surface area contributed by atoms with Gasteiger partial charge in [0.15, 0.2) is 17.2 Å². The molecule has 3 aliphatic carbocycles. The highest BCUT2D eigenvalue weighted by Gasteiger charge is 2.71. The first-order valence-electron chi connectivity index (χ1n) is 15.0. The van der Waals surface area contributed by atoms with Crippen LogP contribution in [0, 0.1) is 22.7 Å². The summed E-state index contributed by atoms with van der Waals surface area (Å²) in [6.45, 7) is 14.2. The molecule has 230 valence electrons. The minimum absolute atomic E-state index is 0.00267. The van der Waals surface area contributed by atoms with E-state index in [1.165, 1.54) is 6.07 Å². The number of aliphatic hydroxyl groups excluding tert-OH is 2. The number of rotatable bonds is 6. The molecule has 1 unspecified atom stereocenters. The van der Waals surface area contributed by atoms with E-state index in [9.17, 15) is 34.8 Å². The van der Waals surface area contributed by atoms with Gasteiger partial charge in [0.2, 0.25) is 5.78 Å². The Kier molecular flexibility index (Phi) is 7.41. The first-order chi connectivity index (χ1) is 20.5. The van der Waals surface area contributed by atoms with E-state index < -0.39 is 56.8 Å². The number of allylic oxidation sites excluding steroid dienone is 4. The van der Waals surface area contributed by atoms with Crippen molar-refractivity contribution in [3.05, 3.63) is 94.0 Å². The van der Waals surface area contributed by atoms with Crippen LogP contribution in [0.4, 0.5) is 0 Å². The molecule has 2 aromatic carbocycles. The Balaban J connectivity index is 1.74. The molecule has 4 N–H and O–H groups in total. The van der Waals surface area contributed by atoms with Gasteiger partial charge in [0.05, 0.1) is 5.56 Å². The average Bonchev–Trinajstić information content (AvgIpc) is 2.93. The lowest BCUT2D eigenvalue weighted by molar-refractivity contribution is -0.171. The zero-order chi connectivity index (χ0) is 32.5. The van der Waals surface area contributed by atoms with Crippen molar-refractivity contribution in [3.8, 4) is 16.9 Å². The molecule has 0 aromatic heterocycles. The maximum Gasteiger partial charge on any atom is 0.209 e. The van der Waals surface area contributed by atoms with Gasteiger partial charge in [-0.2, -0.15) is 0 Å². The van der Waals surface area contributed by atoms with Gasteiger partial charge >= 0.3 is 0 Å². The molecule has 0 fully saturated rings. The monoisotopic (exact) mass is 596 g/mol. The standard InChI is InChI=1S/C37H40O7/c1-8-20(4)12-13-22-10-9-11-23(16-22)24-14-15-26(39)28-25(24)17-35(6)18-36(7)29(19(2)3)31(40)27(21(5)38)33(42)37(36,44)34(43)30(35)32(28)41/h9-16,19,29,39-40,43-44H,4,8,17-18H2,1-3,5-7H3/b13-12+/t29?,35-,36-,37+/m1/s1. The van der Waals surface area contributed by atoms with Crippen LogP contribution in [0.25, 0.3) is 17.2 Å². The van der Waals surface area contributed by atoms with Gasteiger partial charge in [0, 0.05) is 22.3 Å². The van der Waals surface area contributed by atoms with Crippen LogP contribution >= 0.6 is 0 Å². The van der Waals surface area contributed by atoms with Crippen molar-refractivity contribution in [1.29, 1.82) is 0 Å². The summed E-state index contributed by atoms with van der Waals surface area (Å²) in [6, 6.07) is 11.0. The highest BCUT2D eigenvalue weighted by Crippen LogP contribution is 2.65. The molecule has 0 amide bonds. The zero-order valence-corrected chi connectivity index (χ0v) is 26.1. The number of carbonyl (C=O) groups is 3. The number of carbonyl (C=O) groups excluding carboxylic acids is 3. The Labute approximate surface area is 257 Å². The van der Waals surface area contributed by atoms with Crippen molar-refractivity contribution in [3.63, 3.8) is 0 Å². The van der Waals surface area contributed by atoms with Crippen molar-refractivity contribution in [2.24, 2.45) is 22.7 Å². The van der Waals surface area contributed by atoms with Crippen molar-refractivity contribution >= 4 is 23.4 Å². The van der Waals surface area contributed by atoms with E-state index in [0.29, 0.717) is 5.56 Å². The Morgan fingerprint density at radius 3 is 2.41 bits per heavy atom. The van der Waals surface area contributed by atoms with E-state index in [0.717, 1.165) is 35.6 Å². The Bertz CT molecular complexity index is 1740. The van der Waals surface area contributed by atoms with Crippen LogP contribution in [-0.4, -0.2) is 43.4 Å². The smallest absolute Gasteiger partial charge is 0.209 e. The summed E-state index contributed by atoms with van der Waals surface area (Å²) in [5.41, 5.74) is -1.83. The molecular weight excluding hydrogens is 556 g/mol. The van der Waals surface area contributed by atoms with E-state index in [-0.39, 0.29) is 35.6 Å². The molecule has 0 bridgehead atoms. The number of hydrogen-bond acceptors (Lipinski definition) is 7. The fraction of sp³-hybridized carbons (Fsp3) is 0.378. The summed E-state index contributed by atoms with van der Waals surface area (Å²) < 4.78 is 0. The number of Topliss-reactive ketones (excluding diaryl/α,β-unsaturated/α-hetero) is 3. The molecule has 0 saturated carbocycles. The topological polar surface area (TPSA) is 132 Å². The summed E-state index contributed by atoms with van der Waals surface area (Å²) in [4.78, 5) is 40.7. The third kappa shape index (κ3) is 4.24. The third-order valence-corrected chi connectivity index (χ3v) is 10.1. The molecule has 0 spiro atoms. The second-order valence-corrected chi connectivity index (χ2v) is 13.4. The average molecular weight is 597 g/mol. The van der Waals surface area contributed by atoms with E-state index in [4.69, 9.17) is 0 Å². The maximum atomic E-state index is 14.3. The van der Waals surface area contributed by atoms with Crippen LogP contribution in [-0.2, 0) is 16.0 Å². The first-order valence-corrected chi connectivity index (χ1v) is 15.0. The summed E-state index contributed by atoms with van der Waals surface area (Å²) in [6.07, 6.45) is 5.00. The number of fused-ring (bicyclic) bond motifs is 3. The molecule has 4 atom stereocenters. The highest BCUT2D eigenvalue weighted by atomic mass is 16.3. The SMILES string of the molecule is C=C(/C=C/c1cccc(-c2ccc(O)c3c2C[C@]2(C)C[C@]4(C)C(C(C)C)C(O)=C(C(C)=O)C(=O)[C@]4(O)C(O)=C2C3=O)c1)CC. The Hall–Kier alpha value is -4.23. The van der Waals surface area contributed by atoms with Gasteiger partial charge in [-0.05, 0) is 66.5 Å². The lowest BCUT2D eigenvalue weighted by atomic mass is 9.44. The quantitative estimate of drug-likeness (QED) is 0.209. The predicted octanol–water partition coefficient (Wildman–Crippen LogP) is 6.99. The maximum absolute atomic E-state index is 14.3. The molecule has 0 radical (unpaired) electrons. The van der Waals surface area contributed by atoms with E-state index in [1.807, 2.05) is 57.2 Å². The predicted molar refractivity (Wildman–Crippen MR) is 169 cm³/mol. The van der Waals surface area contributed by atoms with Crippen LogP contribution in [0.3, 0.4) is 0 Å². The van der Waals surface area contributed by atoms with E-state index in [1.54, 1.807) is 19.9 Å². The molecule has 0 heterocycles. The van der Waals surface area contributed by atoms with Gasteiger partial charge in [-0.25, -0.2) is 0 Å². The molecule has 7 heteroatoms. The molecule has 0 saturated heterocycles. The minimum Gasteiger partial charge on any atom is -0.511 e. The van der Waals surface area contributed by atoms with Crippen molar-refractivity contribution in [2.45, 2.75) is 66.4 Å². The second-order valence-electron chi connectivity index (χ2n) is 13.4. The Morgan fingerprint density at radius 1 is 1.11 bits per heavy atom. The van der Waals surface area contributed by atoms with Gasteiger partial charge in [0.25, 0.3) is 0 Å². The van der Waals surface area contributed by atoms with Crippen LogP contribution in [0.1, 0.15) is 75.9 Å². The molecule has 0 aliphatic heterocycles. The minimum atomic E-state index is -2.63. The van der Waals surface area contributed by atoms with E-state index in [2.05, 4.69) is 6.58 Å². The lowest BCUT2D eigenvalue weighted by Crippen LogP contribution is -2.67.